The van der Waals surface area contributed by atoms with E-state index in [1.807, 2.05) is 29.2 Å². The van der Waals surface area contributed by atoms with E-state index in [2.05, 4.69) is 5.32 Å². The molecule has 0 aromatic heterocycles. The molecule has 0 bridgehead atoms. The molecule has 1 aliphatic rings. The van der Waals surface area contributed by atoms with E-state index in [1.54, 1.807) is 18.9 Å². The Kier molecular flexibility index (Phi) is 7.53. The molecule has 138 valence electrons. The summed E-state index contributed by atoms with van der Waals surface area (Å²) in [6, 6.07) is 7.85. The number of piperazine rings is 1. The van der Waals surface area contributed by atoms with E-state index in [-0.39, 0.29) is 12.0 Å². The molecule has 7 heteroatoms. The molecule has 1 fully saturated rings. The normalized spacial score (nSPS) is 14.3. The van der Waals surface area contributed by atoms with Gasteiger partial charge >= 0.3 is 6.09 Å². The predicted octanol–water partition coefficient (Wildman–Crippen LogP) is 1.48. The summed E-state index contributed by atoms with van der Waals surface area (Å²) >= 11 is 0. The Morgan fingerprint density at radius 1 is 1.08 bits per heavy atom. The summed E-state index contributed by atoms with van der Waals surface area (Å²) in [4.78, 5) is 27.3. The van der Waals surface area contributed by atoms with Crippen LogP contribution < -0.4 is 10.1 Å². The van der Waals surface area contributed by atoms with Gasteiger partial charge in [0.25, 0.3) is 0 Å². The van der Waals surface area contributed by atoms with Crippen LogP contribution in [0.2, 0.25) is 0 Å². The third kappa shape index (κ3) is 5.94. The highest BCUT2D eigenvalue weighted by Gasteiger charge is 2.24. The first-order chi connectivity index (χ1) is 12.1. The van der Waals surface area contributed by atoms with Gasteiger partial charge in [0.15, 0.2) is 0 Å². The van der Waals surface area contributed by atoms with Gasteiger partial charge in [-0.25, -0.2) is 4.79 Å². The SMILES string of the molecule is CCOC(=O)N1CCN(C(=O)CCNCc2ccc(OC)cc2)CC1. The minimum Gasteiger partial charge on any atom is -0.497 e. The Bertz CT molecular complexity index is 554. The lowest BCUT2D eigenvalue weighted by Gasteiger charge is -2.34. The zero-order valence-electron chi connectivity index (χ0n) is 15.0. The third-order valence-corrected chi connectivity index (χ3v) is 4.16. The van der Waals surface area contributed by atoms with Gasteiger partial charge in [0.05, 0.1) is 13.7 Å². The van der Waals surface area contributed by atoms with Crippen molar-refractivity contribution >= 4 is 12.0 Å². The molecule has 25 heavy (non-hydrogen) atoms. The highest BCUT2D eigenvalue weighted by atomic mass is 16.6. The Hall–Kier alpha value is -2.28. The molecule has 0 atom stereocenters. The van der Waals surface area contributed by atoms with Gasteiger partial charge in [-0.15, -0.1) is 0 Å². The van der Waals surface area contributed by atoms with E-state index in [0.29, 0.717) is 52.3 Å². The van der Waals surface area contributed by atoms with E-state index in [9.17, 15) is 9.59 Å². The van der Waals surface area contributed by atoms with Crippen LogP contribution in [0.3, 0.4) is 0 Å². The van der Waals surface area contributed by atoms with E-state index in [1.165, 1.54) is 0 Å². The van der Waals surface area contributed by atoms with Gasteiger partial charge in [-0.3, -0.25) is 4.79 Å². The second kappa shape index (κ2) is 9.88. The van der Waals surface area contributed by atoms with Crippen molar-refractivity contribution < 1.29 is 19.1 Å². The lowest BCUT2D eigenvalue weighted by Crippen LogP contribution is -2.51. The summed E-state index contributed by atoms with van der Waals surface area (Å²) in [6.07, 6.45) is 0.158. The number of rotatable bonds is 7. The maximum Gasteiger partial charge on any atom is 0.409 e. The van der Waals surface area contributed by atoms with E-state index in [4.69, 9.17) is 9.47 Å². The van der Waals surface area contributed by atoms with Gasteiger partial charge in [-0.1, -0.05) is 12.1 Å². The smallest absolute Gasteiger partial charge is 0.409 e. The number of carbonyl (C=O) groups excluding carboxylic acids is 2. The Morgan fingerprint density at radius 3 is 2.32 bits per heavy atom. The van der Waals surface area contributed by atoms with Crippen LogP contribution in [0, 0.1) is 0 Å². The lowest BCUT2D eigenvalue weighted by atomic mass is 10.2. The van der Waals surface area contributed by atoms with Gasteiger partial charge in [-0.05, 0) is 24.6 Å². The number of methoxy groups -OCH3 is 1. The van der Waals surface area contributed by atoms with Crippen molar-refractivity contribution in [3.8, 4) is 5.75 Å². The maximum atomic E-state index is 12.2. The van der Waals surface area contributed by atoms with Gasteiger partial charge in [0, 0.05) is 45.7 Å². The van der Waals surface area contributed by atoms with Gasteiger partial charge in [-0.2, -0.15) is 0 Å². The topological polar surface area (TPSA) is 71.1 Å². The van der Waals surface area contributed by atoms with Crippen molar-refractivity contribution in [3.05, 3.63) is 29.8 Å². The number of benzene rings is 1. The first kappa shape index (κ1) is 19.1. The van der Waals surface area contributed by atoms with Crippen molar-refractivity contribution in [1.82, 2.24) is 15.1 Å². The third-order valence-electron chi connectivity index (χ3n) is 4.16. The lowest BCUT2D eigenvalue weighted by molar-refractivity contribution is -0.132. The minimum absolute atomic E-state index is 0.116. The molecule has 1 heterocycles. The number of amides is 2. The zero-order chi connectivity index (χ0) is 18.1. The molecule has 0 unspecified atom stereocenters. The summed E-state index contributed by atoms with van der Waals surface area (Å²) < 4.78 is 10.1. The Labute approximate surface area is 148 Å². The first-order valence-corrected chi connectivity index (χ1v) is 8.67. The van der Waals surface area contributed by atoms with Crippen LogP contribution in [0.4, 0.5) is 4.79 Å². The van der Waals surface area contributed by atoms with Crippen LogP contribution in [-0.2, 0) is 16.1 Å². The number of hydrogen-bond donors (Lipinski definition) is 1. The van der Waals surface area contributed by atoms with Crippen LogP contribution in [-0.4, -0.2) is 68.2 Å². The first-order valence-electron chi connectivity index (χ1n) is 8.67. The van der Waals surface area contributed by atoms with Crippen molar-refractivity contribution in [2.45, 2.75) is 19.9 Å². The van der Waals surface area contributed by atoms with Crippen LogP contribution >= 0.6 is 0 Å². The average Bonchev–Trinajstić information content (AvgIpc) is 2.66. The number of ether oxygens (including phenoxy) is 2. The molecular weight excluding hydrogens is 322 g/mol. The van der Waals surface area contributed by atoms with E-state index in [0.717, 1.165) is 11.3 Å². The second-order valence-electron chi connectivity index (χ2n) is 5.84. The molecule has 0 spiro atoms. The fourth-order valence-electron chi connectivity index (χ4n) is 2.68. The van der Waals surface area contributed by atoms with E-state index >= 15 is 0 Å². The average molecular weight is 349 g/mol. The molecule has 1 aromatic carbocycles. The molecular formula is C18H27N3O4. The highest BCUT2D eigenvalue weighted by molar-refractivity contribution is 5.77. The molecule has 0 saturated carbocycles. The number of nitrogens with zero attached hydrogens (tertiary/aromatic N) is 2. The quantitative estimate of drug-likeness (QED) is 0.755. The number of hydrogen-bond acceptors (Lipinski definition) is 5. The molecule has 0 aliphatic carbocycles. The molecule has 1 aromatic rings. The molecule has 7 nitrogen and oxygen atoms in total. The number of carbonyl (C=O) groups is 2. The van der Waals surface area contributed by atoms with Gasteiger partial charge in [0.2, 0.25) is 5.91 Å². The van der Waals surface area contributed by atoms with Crippen molar-refractivity contribution in [2.24, 2.45) is 0 Å². The Balaban J connectivity index is 1.63. The maximum absolute atomic E-state index is 12.2. The van der Waals surface area contributed by atoms with Gasteiger partial charge < -0.3 is 24.6 Å². The van der Waals surface area contributed by atoms with Crippen LogP contribution in [0.5, 0.6) is 5.75 Å². The summed E-state index contributed by atoms with van der Waals surface area (Å²) in [6.45, 7) is 5.70. The molecule has 1 aliphatic heterocycles. The van der Waals surface area contributed by atoms with E-state index < -0.39 is 0 Å². The second-order valence-corrected chi connectivity index (χ2v) is 5.84. The fourth-order valence-corrected chi connectivity index (χ4v) is 2.68. The van der Waals surface area contributed by atoms with Crippen molar-refractivity contribution in [3.63, 3.8) is 0 Å². The summed E-state index contributed by atoms with van der Waals surface area (Å²) in [5, 5.41) is 3.28. The van der Waals surface area contributed by atoms with Crippen molar-refractivity contribution in [2.75, 3.05) is 46.4 Å². The molecule has 2 amide bonds. The Morgan fingerprint density at radius 2 is 1.72 bits per heavy atom. The molecule has 2 rings (SSSR count). The molecule has 0 radical (unpaired) electrons. The largest absolute Gasteiger partial charge is 0.497 e. The molecule has 1 saturated heterocycles. The highest BCUT2D eigenvalue weighted by Crippen LogP contribution is 2.11. The van der Waals surface area contributed by atoms with Crippen LogP contribution in [0.1, 0.15) is 18.9 Å². The van der Waals surface area contributed by atoms with Crippen LogP contribution in [0.25, 0.3) is 0 Å². The fraction of sp³-hybridized carbons (Fsp3) is 0.556. The van der Waals surface area contributed by atoms with Gasteiger partial charge in [0.1, 0.15) is 5.75 Å². The summed E-state index contributed by atoms with van der Waals surface area (Å²) in [7, 11) is 1.64. The molecule has 1 N–H and O–H groups in total. The standard InChI is InChI=1S/C18H27N3O4/c1-3-25-18(23)21-12-10-20(11-13-21)17(22)8-9-19-14-15-4-6-16(24-2)7-5-15/h4-7,19H,3,8-14H2,1-2H3. The number of nitrogens with one attached hydrogen (secondary N) is 1. The van der Waals surface area contributed by atoms with Crippen molar-refractivity contribution in [1.29, 1.82) is 0 Å². The summed E-state index contributed by atoms with van der Waals surface area (Å²) in [5.41, 5.74) is 1.15. The van der Waals surface area contributed by atoms with Crippen LogP contribution in [0.15, 0.2) is 24.3 Å². The minimum atomic E-state index is -0.296. The zero-order valence-corrected chi connectivity index (χ0v) is 15.0. The predicted molar refractivity (Wildman–Crippen MR) is 94.5 cm³/mol. The summed E-state index contributed by atoms with van der Waals surface area (Å²) in [5.74, 6) is 0.951. The monoisotopic (exact) mass is 349 g/mol.